The molecule has 0 saturated heterocycles. The van der Waals surface area contributed by atoms with Gasteiger partial charge >= 0.3 is 0 Å². The first-order valence-electron chi connectivity index (χ1n) is 19.5. The minimum absolute atomic E-state index is 0. The topological polar surface area (TPSA) is 63.1 Å². The fraction of sp³-hybridized carbons (Fsp3) is 0.151. The van der Waals surface area contributed by atoms with E-state index in [0.717, 1.165) is 11.4 Å². The SMILES string of the molecule is CC(=O)/C=C(/C)O.CC1(C)c2ccccc2-c2ccc(-c3nccc4ccccc34)cc21.CC1(C)c2ccccc2-c2ccc(-c3nccc4ccccc34)cc21.[Ir]. The number of carbonyl (C=O) groups is 1. The van der Waals surface area contributed by atoms with Crippen LogP contribution in [0.25, 0.3) is 66.3 Å². The van der Waals surface area contributed by atoms with E-state index in [1.807, 2.05) is 12.4 Å². The van der Waals surface area contributed by atoms with Crippen molar-refractivity contribution in [2.75, 3.05) is 0 Å². The molecule has 10 rings (SSSR count). The molecule has 4 nitrogen and oxygen atoms in total. The van der Waals surface area contributed by atoms with E-state index < -0.39 is 0 Å². The Morgan fingerprint density at radius 3 is 1.28 bits per heavy atom. The summed E-state index contributed by atoms with van der Waals surface area (Å²) in [5, 5.41) is 13.2. The molecule has 5 heteroatoms. The summed E-state index contributed by atoms with van der Waals surface area (Å²) in [6.45, 7) is 12.1. The first kappa shape index (κ1) is 40.2. The number of fused-ring (bicyclic) bond motifs is 8. The van der Waals surface area contributed by atoms with Gasteiger partial charge in [-0.1, -0.05) is 149 Å². The number of aliphatic hydroxyl groups excluding tert-OH is 1. The summed E-state index contributed by atoms with van der Waals surface area (Å²) < 4.78 is 0. The maximum absolute atomic E-state index is 10.0. The Morgan fingerprint density at radius 2 is 0.879 bits per heavy atom. The standard InChI is InChI=1S/2C24H19N.C5H8O2.Ir/c2*1-24(2)21-10-6-5-9-19(21)20-12-11-17(15-22(20)24)23-18-8-4-3-7-16(18)13-14-25-23;1-4(6)3-5(2)7;/h2*3-15H,1-2H3;3,6H,1-2H3;/b;;4-3-;. The van der Waals surface area contributed by atoms with Gasteiger partial charge < -0.3 is 5.11 Å². The summed E-state index contributed by atoms with van der Waals surface area (Å²) >= 11 is 0. The van der Waals surface area contributed by atoms with Gasteiger partial charge in [-0.05, 0) is 93.4 Å². The van der Waals surface area contributed by atoms with Crippen LogP contribution in [0.3, 0.4) is 0 Å². The summed E-state index contributed by atoms with van der Waals surface area (Å²) in [5.41, 5.74) is 15.6. The number of benzene rings is 6. The zero-order chi connectivity index (χ0) is 39.9. The second kappa shape index (κ2) is 16.1. The van der Waals surface area contributed by atoms with Crippen molar-refractivity contribution in [1.82, 2.24) is 9.97 Å². The monoisotopic (exact) mass is 935 g/mol. The summed E-state index contributed by atoms with van der Waals surface area (Å²) in [5.74, 6) is -0.0625. The Kier molecular flexibility index (Phi) is 11.2. The third-order valence-electron chi connectivity index (χ3n) is 11.5. The Morgan fingerprint density at radius 1 is 0.500 bits per heavy atom. The zero-order valence-corrected chi connectivity index (χ0v) is 36.1. The average molecular weight is 935 g/mol. The fourth-order valence-corrected chi connectivity index (χ4v) is 8.70. The number of pyridine rings is 2. The first-order chi connectivity index (χ1) is 27.4. The molecule has 2 aliphatic rings. The van der Waals surface area contributed by atoms with E-state index in [-0.39, 0.29) is 42.5 Å². The number of rotatable bonds is 3. The molecule has 0 fully saturated rings. The molecular weight excluding hydrogens is 889 g/mol. The maximum atomic E-state index is 10.0. The molecule has 8 aromatic rings. The van der Waals surface area contributed by atoms with Gasteiger partial charge in [-0.15, -0.1) is 0 Å². The van der Waals surface area contributed by atoms with Crippen molar-refractivity contribution in [1.29, 1.82) is 0 Å². The number of hydrogen-bond donors (Lipinski definition) is 1. The normalized spacial score (nSPS) is 13.7. The van der Waals surface area contributed by atoms with Crippen LogP contribution in [0.15, 0.2) is 170 Å². The number of carbonyl (C=O) groups excluding carboxylic acids is 1. The van der Waals surface area contributed by atoms with Crippen LogP contribution < -0.4 is 0 Å². The van der Waals surface area contributed by atoms with Crippen LogP contribution in [0.1, 0.15) is 63.8 Å². The third-order valence-corrected chi connectivity index (χ3v) is 11.5. The zero-order valence-electron chi connectivity index (χ0n) is 33.7. The molecule has 0 saturated carbocycles. The summed E-state index contributed by atoms with van der Waals surface area (Å²) in [4.78, 5) is 19.4. The quantitative estimate of drug-likeness (QED) is 0.142. The molecule has 0 amide bonds. The van der Waals surface area contributed by atoms with Crippen LogP contribution in [0.2, 0.25) is 0 Å². The van der Waals surface area contributed by atoms with E-state index in [2.05, 4.69) is 173 Å². The molecule has 1 N–H and O–H groups in total. The van der Waals surface area contributed by atoms with E-state index in [4.69, 9.17) is 15.1 Å². The minimum atomic E-state index is -0.125. The molecule has 0 unspecified atom stereocenters. The summed E-state index contributed by atoms with van der Waals surface area (Å²) in [6.07, 6.45) is 4.98. The van der Waals surface area contributed by atoms with Crippen molar-refractivity contribution in [2.24, 2.45) is 0 Å². The minimum Gasteiger partial charge on any atom is -0.512 e. The molecular formula is C53H46IrN2O2. The van der Waals surface area contributed by atoms with Gasteiger partial charge in [0.05, 0.1) is 17.1 Å². The number of nitrogens with zero attached hydrogens (tertiary/aromatic N) is 2. The van der Waals surface area contributed by atoms with Crippen LogP contribution in [-0.2, 0) is 35.7 Å². The third kappa shape index (κ3) is 7.33. The van der Waals surface area contributed by atoms with E-state index in [9.17, 15) is 4.79 Å². The molecule has 0 aliphatic heterocycles. The number of ketones is 1. The molecule has 2 heterocycles. The fourth-order valence-electron chi connectivity index (χ4n) is 8.70. The van der Waals surface area contributed by atoms with Gasteiger partial charge in [-0.2, -0.15) is 0 Å². The second-order valence-corrected chi connectivity index (χ2v) is 16.0. The van der Waals surface area contributed by atoms with Gasteiger partial charge in [-0.3, -0.25) is 14.8 Å². The average Bonchev–Trinajstić information content (AvgIpc) is 3.59. The molecule has 2 aliphatic carbocycles. The predicted molar refractivity (Wildman–Crippen MR) is 237 cm³/mol. The first-order valence-corrected chi connectivity index (χ1v) is 19.5. The van der Waals surface area contributed by atoms with E-state index in [0.29, 0.717) is 0 Å². The van der Waals surface area contributed by atoms with Gasteiger partial charge in [0.15, 0.2) is 5.78 Å². The molecule has 0 bridgehead atoms. The van der Waals surface area contributed by atoms with Crippen molar-refractivity contribution in [3.63, 3.8) is 0 Å². The van der Waals surface area contributed by atoms with Crippen LogP contribution in [0, 0.1) is 0 Å². The van der Waals surface area contributed by atoms with Crippen molar-refractivity contribution in [3.05, 3.63) is 192 Å². The Hall–Kier alpha value is -6.00. The van der Waals surface area contributed by atoms with Gasteiger partial charge in [-0.25, -0.2) is 0 Å². The summed E-state index contributed by atoms with van der Waals surface area (Å²) in [6, 6.07) is 52.2. The molecule has 0 spiro atoms. The number of hydrogen-bond acceptors (Lipinski definition) is 4. The Labute approximate surface area is 354 Å². The number of aromatic nitrogens is 2. The summed E-state index contributed by atoms with van der Waals surface area (Å²) in [7, 11) is 0. The van der Waals surface area contributed by atoms with E-state index in [1.54, 1.807) is 0 Å². The van der Waals surface area contributed by atoms with Crippen molar-refractivity contribution in [2.45, 2.75) is 52.4 Å². The van der Waals surface area contributed by atoms with Gasteiger partial charge in [0.25, 0.3) is 0 Å². The molecule has 0 atom stereocenters. The van der Waals surface area contributed by atoms with Gasteiger partial charge in [0.1, 0.15) is 0 Å². The molecule has 1 radical (unpaired) electrons. The number of allylic oxidation sites excluding steroid dienone is 2. The number of aliphatic hydroxyl groups is 1. The predicted octanol–water partition coefficient (Wildman–Crippen LogP) is 13.5. The van der Waals surface area contributed by atoms with Gasteiger partial charge in [0, 0.05) is 71.3 Å². The van der Waals surface area contributed by atoms with E-state index >= 15 is 0 Å². The van der Waals surface area contributed by atoms with Crippen molar-refractivity contribution < 1.29 is 30.0 Å². The molecule has 58 heavy (non-hydrogen) atoms. The van der Waals surface area contributed by atoms with Crippen LogP contribution in [0.4, 0.5) is 0 Å². The van der Waals surface area contributed by atoms with E-state index in [1.165, 1.54) is 97.1 Å². The van der Waals surface area contributed by atoms with Crippen LogP contribution in [-0.4, -0.2) is 20.9 Å². The Bertz CT molecular complexity index is 2670. The largest absolute Gasteiger partial charge is 0.512 e. The second-order valence-electron chi connectivity index (χ2n) is 16.0. The van der Waals surface area contributed by atoms with Crippen LogP contribution >= 0.6 is 0 Å². The van der Waals surface area contributed by atoms with Crippen LogP contribution in [0.5, 0.6) is 0 Å². The molecule has 6 aromatic carbocycles. The van der Waals surface area contributed by atoms with Gasteiger partial charge in [0.2, 0.25) is 0 Å². The maximum Gasteiger partial charge on any atom is 0.155 e. The Balaban J connectivity index is 0.000000150. The van der Waals surface area contributed by atoms with Crippen molar-refractivity contribution in [3.8, 4) is 44.8 Å². The molecule has 289 valence electrons. The molecule has 2 aromatic heterocycles. The van der Waals surface area contributed by atoms with Crippen molar-refractivity contribution >= 4 is 27.3 Å². The smallest absolute Gasteiger partial charge is 0.155 e.